The Kier molecular flexibility index (Phi) is 3.66. The highest BCUT2D eigenvalue weighted by Gasteiger charge is 2.23. The molecule has 3 heterocycles. The molecule has 19 heavy (non-hydrogen) atoms. The Balaban J connectivity index is 2.13. The van der Waals surface area contributed by atoms with E-state index in [9.17, 15) is 0 Å². The fraction of sp³-hybridized carbons (Fsp3) is 0.583. The lowest BCUT2D eigenvalue weighted by atomic mass is 10.2. The number of anilines is 1. The molecule has 0 amide bonds. The molecule has 0 aliphatic carbocycles. The average Bonchev–Trinajstić information content (AvgIpc) is 2.58. The second-order valence-electron chi connectivity index (χ2n) is 4.75. The van der Waals surface area contributed by atoms with Crippen LogP contribution >= 0.6 is 27.7 Å². The van der Waals surface area contributed by atoms with E-state index in [2.05, 4.69) is 42.8 Å². The van der Waals surface area contributed by atoms with Gasteiger partial charge < -0.3 is 4.90 Å². The molecule has 1 aliphatic heterocycles. The minimum absolute atomic E-state index is 0.500. The van der Waals surface area contributed by atoms with Crippen molar-refractivity contribution in [2.24, 2.45) is 7.05 Å². The van der Waals surface area contributed by atoms with E-state index in [1.165, 1.54) is 12.2 Å². The van der Waals surface area contributed by atoms with E-state index in [1.54, 1.807) is 11.0 Å². The summed E-state index contributed by atoms with van der Waals surface area (Å²) in [6.45, 7) is 3.30. The van der Waals surface area contributed by atoms with Crippen LogP contribution in [0.4, 0.5) is 5.82 Å². The summed E-state index contributed by atoms with van der Waals surface area (Å²) in [5.41, 5.74) is 0.876. The van der Waals surface area contributed by atoms with Gasteiger partial charge in [0, 0.05) is 25.4 Å². The third kappa shape index (κ3) is 2.33. The van der Waals surface area contributed by atoms with Crippen LogP contribution in [-0.2, 0) is 7.05 Å². The van der Waals surface area contributed by atoms with Crippen LogP contribution in [0, 0.1) is 0 Å². The lowest BCUT2D eigenvalue weighted by Crippen LogP contribution is -2.34. The van der Waals surface area contributed by atoms with Crippen LogP contribution in [-0.4, -0.2) is 43.8 Å². The molecule has 1 unspecified atom stereocenters. The summed E-state index contributed by atoms with van der Waals surface area (Å²) in [6, 6.07) is 0.500. The highest BCUT2D eigenvalue weighted by molar-refractivity contribution is 9.10. The molecule has 0 spiro atoms. The molecule has 102 valence electrons. The van der Waals surface area contributed by atoms with Gasteiger partial charge in [0.15, 0.2) is 5.65 Å². The van der Waals surface area contributed by atoms with Crippen molar-refractivity contribution in [3.63, 3.8) is 0 Å². The van der Waals surface area contributed by atoms with E-state index >= 15 is 0 Å². The SMILES string of the molecule is CC1CCSCCN1c1ncnc2c1c(Br)nn2C. The van der Waals surface area contributed by atoms with Gasteiger partial charge in [-0.25, -0.2) is 14.6 Å². The van der Waals surface area contributed by atoms with Crippen LogP contribution in [0.2, 0.25) is 0 Å². The molecule has 0 N–H and O–H groups in total. The topological polar surface area (TPSA) is 46.8 Å². The van der Waals surface area contributed by atoms with Crippen molar-refractivity contribution >= 4 is 44.5 Å². The maximum atomic E-state index is 4.52. The number of hydrogen-bond donors (Lipinski definition) is 0. The molecule has 0 bridgehead atoms. The smallest absolute Gasteiger partial charge is 0.164 e. The van der Waals surface area contributed by atoms with E-state index in [4.69, 9.17) is 0 Å². The maximum absolute atomic E-state index is 4.52. The Morgan fingerprint density at radius 2 is 2.21 bits per heavy atom. The number of aromatic nitrogens is 4. The maximum Gasteiger partial charge on any atom is 0.164 e. The standard InChI is InChI=1S/C12H16BrN5S/c1-8-3-5-19-6-4-18(8)12-9-10(13)16-17(2)11(9)14-7-15-12/h7-8H,3-6H2,1-2H3. The lowest BCUT2D eigenvalue weighted by Gasteiger charge is -2.28. The summed E-state index contributed by atoms with van der Waals surface area (Å²) in [7, 11) is 1.91. The number of aryl methyl sites for hydroxylation is 1. The van der Waals surface area contributed by atoms with Crippen LogP contribution in [0.15, 0.2) is 10.9 Å². The summed E-state index contributed by atoms with van der Waals surface area (Å²) >= 11 is 5.55. The number of fused-ring (bicyclic) bond motifs is 1. The van der Waals surface area contributed by atoms with Gasteiger partial charge in [-0.1, -0.05) is 0 Å². The summed E-state index contributed by atoms with van der Waals surface area (Å²) < 4.78 is 2.62. The number of rotatable bonds is 1. The van der Waals surface area contributed by atoms with Gasteiger partial charge in [-0.2, -0.15) is 16.9 Å². The van der Waals surface area contributed by atoms with Crippen molar-refractivity contribution in [3.05, 3.63) is 10.9 Å². The Hall–Kier alpha value is -0.820. The van der Waals surface area contributed by atoms with Gasteiger partial charge in [0.2, 0.25) is 0 Å². The molecule has 0 saturated carbocycles. The van der Waals surface area contributed by atoms with Crippen molar-refractivity contribution in [1.82, 2.24) is 19.7 Å². The zero-order valence-corrected chi connectivity index (χ0v) is 13.4. The molecule has 0 radical (unpaired) electrons. The van der Waals surface area contributed by atoms with Gasteiger partial charge in [-0.05, 0) is 35.0 Å². The summed E-state index contributed by atoms with van der Waals surface area (Å²) in [5, 5.41) is 5.41. The monoisotopic (exact) mass is 341 g/mol. The lowest BCUT2D eigenvalue weighted by molar-refractivity contribution is 0.640. The van der Waals surface area contributed by atoms with Gasteiger partial charge in [0.25, 0.3) is 0 Å². The summed E-state index contributed by atoms with van der Waals surface area (Å²) in [4.78, 5) is 11.2. The number of halogens is 1. The fourth-order valence-electron chi connectivity index (χ4n) is 2.45. The van der Waals surface area contributed by atoms with Crippen molar-refractivity contribution in [3.8, 4) is 0 Å². The van der Waals surface area contributed by atoms with Crippen molar-refractivity contribution in [2.45, 2.75) is 19.4 Å². The van der Waals surface area contributed by atoms with Crippen LogP contribution in [0.1, 0.15) is 13.3 Å². The molecule has 1 saturated heterocycles. The second kappa shape index (κ2) is 5.28. The minimum atomic E-state index is 0.500. The molecular weight excluding hydrogens is 326 g/mol. The Bertz CT molecular complexity index is 599. The third-order valence-electron chi connectivity index (χ3n) is 3.52. The predicted octanol–water partition coefficient (Wildman–Crippen LogP) is 2.46. The first kappa shape index (κ1) is 13.2. The Morgan fingerprint density at radius 3 is 3.05 bits per heavy atom. The molecule has 1 aliphatic rings. The van der Waals surface area contributed by atoms with Crippen LogP contribution in [0.25, 0.3) is 11.0 Å². The number of nitrogens with zero attached hydrogens (tertiary/aromatic N) is 5. The first-order valence-corrected chi connectivity index (χ1v) is 8.31. The van der Waals surface area contributed by atoms with Gasteiger partial charge in [-0.3, -0.25) is 0 Å². The molecule has 7 heteroatoms. The predicted molar refractivity (Wildman–Crippen MR) is 82.8 cm³/mol. The zero-order valence-electron chi connectivity index (χ0n) is 11.0. The summed E-state index contributed by atoms with van der Waals surface area (Å²) in [6.07, 6.45) is 2.82. The molecule has 0 aromatic carbocycles. The molecule has 3 rings (SSSR count). The van der Waals surface area contributed by atoms with Crippen molar-refractivity contribution < 1.29 is 0 Å². The third-order valence-corrected chi connectivity index (χ3v) is 5.07. The van der Waals surface area contributed by atoms with Crippen LogP contribution in [0.3, 0.4) is 0 Å². The van der Waals surface area contributed by atoms with E-state index < -0.39 is 0 Å². The highest BCUT2D eigenvalue weighted by atomic mass is 79.9. The van der Waals surface area contributed by atoms with Crippen molar-refractivity contribution in [1.29, 1.82) is 0 Å². The molecule has 5 nitrogen and oxygen atoms in total. The molecule has 1 atom stereocenters. The molecule has 2 aromatic rings. The largest absolute Gasteiger partial charge is 0.352 e. The van der Waals surface area contributed by atoms with Crippen molar-refractivity contribution in [2.75, 3.05) is 23.0 Å². The second-order valence-corrected chi connectivity index (χ2v) is 6.73. The van der Waals surface area contributed by atoms with Gasteiger partial charge in [0.05, 0.1) is 5.39 Å². The fourth-order valence-corrected chi connectivity index (χ4v) is 4.08. The van der Waals surface area contributed by atoms with Gasteiger partial charge in [-0.15, -0.1) is 0 Å². The average molecular weight is 342 g/mol. The zero-order chi connectivity index (χ0) is 13.4. The minimum Gasteiger partial charge on any atom is -0.352 e. The molecule has 2 aromatic heterocycles. The highest BCUT2D eigenvalue weighted by Crippen LogP contribution is 2.32. The van der Waals surface area contributed by atoms with Crippen LogP contribution < -0.4 is 4.90 Å². The van der Waals surface area contributed by atoms with Gasteiger partial charge in [0.1, 0.15) is 16.7 Å². The first-order valence-electron chi connectivity index (χ1n) is 6.36. The Morgan fingerprint density at radius 1 is 1.37 bits per heavy atom. The van der Waals surface area contributed by atoms with E-state index in [0.717, 1.165) is 33.8 Å². The summed E-state index contributed by atoms with van der Waals surface area (Å²) in [5.74, 6) is 3.37. The normalized spacial score (nSPS) is 20.8. The van der Waals surface area contributed by atoms with E-state index in [-0.39, 0.29) is 0 Å². The quantitative estimate of drug-likeness (QED) is 0.797. The molecular formula is C12H16BrN5S. The van der Waals surface area contributed by atoms with Gasteiger partial charge >= 0.3 is 0 Å². The number of thioether (sulfide) groups is 1. The first-order chi connectivity index (χ1) is 9.18. The van der Waals surface area contributed by atoms with E-state index in [1.807, 2.05) is 18.8 Å². The van der Waals surface area contributed by atoms with Crippen LogP contribution in [0.5, 0.6) is 0 Å². The number of hydrogen-bond acceptors (Lipinski definition) is 5. The van der Waals surface area contributed by atoms with E-state index in [0.29, 0.717) is 6.04 Å². The Labute approximate surface area is 124 Å². The molecule has 1 fully saturated rings.